The highest BCUT2D eigenvalue weighted by Gasteiger charge is 2.46. The molecule has 8 nitrogen and oxygen atoms in total. The summed E-state index contributed by atoms with van der Waals surface area (Å²) in [5.74, 6) is 1.11. The van der Waals surface area contributed by atoms with Gasteiger partial charge in [-0.25, -0.2) is 8.42 Å². The van der Waals surface area contributed by atoms with Crippen LogP contribution < -0.4 is 10.6 Å². The van der Waals surface area contributed by atoms with E-state index in [1.165, 1.54) is 0 Å². The number of carbonyl (C=O) groups excluding carboxylic acids is 1. The van der Waals surface area contributed by atoms with E-state index in [2.05, 4.69) is 15.8 Å². The van der Waals surface area contributed by atoms with Crippen LogP contribution in [0, 0.1) is 0 Å². The maximum absolute atomic E-state index is 12.6. The minimum atomic E-state index is -3.25. The molecule has 0 aromatic carbocycles. The fraction of sp³-hybridized carbons (Fsp3) is 0.765. The first-order chi connectivity index (χ1) is 12.5. The molecule has 3 fully saturated rings. The molecule has 4 rings (SSSR count). The Bertz CT molecular complexity index is 759. The number of sulfonamides is 1. The number of piperidine rings is 1. The van der Waals surface area contributed by atoms with Crippen molar-refractivity contribution in [2.75, 3.05) is 19.3 Å². The normalized spacial score (nSPS) is 29.0. The van der Waals surface area contributed by atoms with Crippen LogP contribution in [0.25, 0.3) is 0 Å². The summed E-state index contributed by atoms with van der Waals surface area (Å²) in [6.07, 6.45) is 5.25. The molecule has 2 N–H and O–H groups in total. The summed E-state index contributed by atoms with van der Waals surface area (Å²) in [5.41, 5.74) is 0.323. The van der Waals surface area contributed by atoms with E-state index in [1.807, 2.05) is 0 Å². The zero-order valence-electron chi connectivity index (χ0n) is 15.0. The Morgan fingerprint density at radius 1 is 1.27 bits per heavy atom. The van der Waals surface area contributed by atoms with Crippen LogP contribution in [0.15, 0.2) is 10.6 Å². The molecule has 3 heterocycles. The van der Waals surface area contributed by atoms with Crippen molar-refractivity contribution in [1.82, 2.24) is 20.1 Å². The van der Waals surface area contributed by atoms with Gasteiger partial charge in [0, 0.05) is 36.7 Å². The molecule has 1 aliphatic carbocycles. The highest BCUT2D eigenvalue weighted by Crippen LogP contribution is 2.40. The Morgan fingerprint density at radius 3 is 2.58 bits per heavy atom. The second-order valence-corrected chi connectivity index (χ2v) is 9.66. The molecule has 1 amide bonds. The van der Waals surface area contributed by atoms with Gasteiger partial charge in [-0.3, -0.25) is 4.79 Å². The van der Waals surface area contributed by atoms with Crippen molar-refractivity contribution in [3.63, 3.8) is 0 Å². The largest absolute Gasteiger partial charge is 0.360 e. The number of nitrogens with one attached hydrogen (secondary N) is 2. The molecule has 1 aromatic rings. The van der Waals surface area contributed by atoms with E-state index in [-0.39, 0.29) is 29.8 Å². The van der Waals surface area contributed by atoms with Crippen LogP contribution >= 0.6 is 0 Å². The molecule has 2 saturated heterocycles. The van der Waals surface area contributed by atoms with Crippen LogP contribution in [0.1, 0.15) is 60.7 Å². The van der Waals surface area contributed by atoms with Crippen molar-refractivity contribution in [2.45, 2.75) is 62.6 Å². The number of hydrogen-bond donors (Lipinski definition) is 2. The molecule has 2 aliphatic heterocycles. The third-order valence-electron chi connectivity index (χ3n) is 5.67. The van der Waals surface area contributed by atoms with Crippen molar-refractivity contribution >= 4 is 15.9 Å². The van der Waals surface area contributed by atoms with Crippen molar-refractivity contribution < 1.29 is 17.7 Å². The molecule has 1 aromatic heterocycles. The fourth-order valence-electron chi connectivity index (χ4n) is 4.26. The Labute approximate surface area is 153 Å². The van der Waals surface area contributed by atoms with E-state index in [9.17, 15) is 13.2 Å². The molecular weight excluding hydrogens is 356 g/mol. The molecule has 3 atom stereocenters. The predicted octanol–water partition coefficient (Wildman–Crippen LogP) is 0.826. The SMILES string of the molecule is CNCCS(=O)(=O)N1[C@@H]2CC[C@H]1CC(NC(=O)c1cc(C3CC3)on1)C2. The van der Waals surface area contributed by atoms with Gasteiger partial charge in [-0.15, -0.1) is 0 Å². The van der Waals surface area contributed by atoms with Crippen molar-refractivity contribution in [1.29, 1.82) is 0 Å². The molecule has 1 saturated carbocycles. The minimum absolute atomic E-state index is 0.0137. The number of nitrogens with zero attached hydrogens (tertiary/aromatic N) is 2. The smallest absolute Gasteiger partial charge is 0.273 e. The van der Waals surface area contributed by atoms with Crippen molar-refractivity contribution in [2.24, 2.45) is 0 Å². The zero-order chi connectivity index (χ0) is 18.3. The van der Waals surface area contributed by atoms with Gasteiger partial charge in [0.15, 0.2) is 5.69 Å². The second-order valence-electron chi connectivity index (χ2n) is 7.67. The highest BCUT2D eigenvalue weighted by molar-refractivity contribution is 7.89. The third-order valence-corrected chi connectivity index (χ3v) is 7.63. The molecule has 26 heavy (non-hydrogen) atoms. The monoisotopic (exact) mass is 382 g/mol. The maximum Gasteiger partial charge on any atom is 0.273 e. The Hall–Kier alpha value is -1.45. The molecule has 2 bridgehead atoms. The van der Waals surface area contributed by atoms with Gasteiger partial charge in [-0.1, -0.05) is 5.16 Å². The molecule has 0 spiro atoms. The maximum atomic E-state index is 12.6. The fourth-order valence-corrected chi connectivity index (χ4v) is 6.22. The van der Waals surface area contributed by atoms with Gasteiger partial charge >= 0.3 is 0 Å². The van der Waals surface area contributed by atoms with Crippen LogP contribution in [0.2, 0.25) is 0 Å². The highest BCUT2D eigenvalue weighted by atomic mass is 32.2. The topological polar surface area (TPSA) is 105 Å². The molecular formula is C17H26N4O4S. The Kier molecular flexibility index (Phi) is 4.79. The lowest BCUT2D eigenvalue weighted by Crippen LogP contribution is -2.53. The summed E-state index contributed by atoms with van der Waals surface area (Å²) < 4.78 is 32.2. The van der Waals surface area contributed by atoms with Gasteiger partial charge < -0.3 is 15.2 Å². The van der Waals surface area contributed by atoms with E-state index in [0.717, 1.165) is 31.4 Å². The lowest BCUT2D eigenvalue weighted by atomic mass is 9.99. The first-order valence-electron chi connectivity index (χ1n) is 9.41. The number of amides is 1. The number of aromatic nitrogens is 1. The number of carbonyl (C=O) groups is 1. The van der Waals surface area contributed by atoms with Gasteiger partial charge in [0.25, 0.3) is 5.91 Å². The van der Waals surface area contributed by atoms with Crippen LogP contribution in [0.5, 0.6) is 0 Å². The molecule has 9 heteroatoms. The van der Waals surface area contributed by atoms with E-state index < -0.39 is 10.0 Å². The van der Waals surface area contributed by atoms with Crippen LogP contribution in [0.4, 0.5) is 0 Å². The first kappa shape index (κ1) is 17.9. The van der Waals surface area contributed by atoms with Crippen LogP contribution in [0.3, 0.4) is 0 Å². The summed E-state index contributed by atoms with van der Waals surface area (Å²) in [5, 5.41) is 9.81. The Morgan fingerprint density at radius 2 is 1.96 bits per heavy atom. The first-order valence-corrected chi connectivity index (χ1v) is 11.0. The summed E-state index contributed by atoms with van der Waals surface area (Å²) in [6.45, 7) is 0.452. The van der Waals surface area contributed by atoms with Crippen LogP contribution in [-0.2, 0) is 10.0 Å². The van der Waals surface area contributed by atoms with Gasteiger partial charge in [0.2, 0.25) is 10.0 Å². The van der Waals surface area contributed by atoms with Gasteiger partial charge in [-0.2, -0.15) is 4.31 Å². The molecule has 1 unspecified atom stereocenters. The van der Waals surface area contributed by atoms with Gasteiger partial charge in [0.05, 0.1) is 5.75 Å². The molecule has 0 radical (unpaired) electrons. The summed E-state index contributed by atoms with van der Waals surface area (Å²) in [6, 6.07) is 1.69. The predicted molar refractivity (Wildman–Crippen MR) is 95.3 cm³/mol. The summed E-state index contributed by atoms with van der Waals surface area (Å²) in [4.78, 5) is 12.4. The lowest BCUT2D eigenvalue weighted by molar-refractivity contribution is 0.0900. The summed E-state index contributed by atoms with van der Waals surface area (Å²) >= 11 is 0. The zero-order valence-corrected chi connectivity index (χ0v) is 15.8. The standard InChI is InChI=1S/C17H26N4O4S/c1-18-6-7-26(23,24)21-13-4-5-14(21)9-12(8-13)19-17(22)15-10-16(25-20-15)11-2-3-11/h10-14,18H,2-9H2,1H3,(H,19,22)/t12?,13-,14+. The second kappa shape index (κ2) is 6.94. The van der Waals surface area contributed by atoms with Crippen LogP contribution in [-0.4, -0.2) is 61.3 Å². The minimum Gasteiger partial charge on any atom is -0.360 e. The average Bonchev–Trinajstić information content (AvgIpc) is 3.26. The van der Waals surface area contributed by atoms with Crippen molar-refractivity contribution in [3.05, 3.63) is 17.5 Å². The third kappa shape index (κ3) is 3.52. The number of rotatable bonds is 7. The van der Waals surface area contributed by atoms with Gasteiger partial charge in [0.1, 0.15) is 5.76 Å². The van der Waals surface area contributed by atoms with Gasteiger partial charge in [-0.05, 0) is 45.6 Å². The quantitative estimate of drug-likeness (QED) is 0.724. The molecule has 144 valence electrons. The molecule has 3 aliphatic rings. The van der Waals surface area contributed by atoms with E-state index in [0.29, 0.717) is 31.0 Å². The van der Waals surface area contributed by atoms with E-state index >= 15 is 0 Å². The number of fused-ring (bicyclic) bond motifs is 2. The Balaban J connectivity index is 1.38. The van der Waals surface area contributed by atoms with E-state index in [4.69, 9.17) is 4.52 Å². The average molecular weight is 382 g/mol. The lowest BCUT2D eigenvalue weighted by Gasteiger charge is -2.38. The summed E-state index contributed by atoms with van der Waals surface area (Å²) in [7, 11) is -1.50. The van der Waals surface area contributed by atoms with E-state index in [1.54, 1.807) is 17.4 Å². The number of hydrogen-bond acceptors (Lipinski definition) is 6. The van der Waals surface area contributed by atoms with Crippen molar-refractivity contribution in [3.8, 4) is 0 Å².